The van der Waals surface area contributed by atoms with Crippen LogP contribution in [0.2, 0.25) is 0 Å². The van der Waals surface area contributed by atoms with E-state index in [1.54, 1.807) is 0 Å². The third kappa shape index (κ3) is 0.938. The molecule has 10 aliphatic rings. The number of aliphatic hydroxyl groups is 1. The summed E-state index contributed by atoms with van der Waals surface area (Å²) in [5.74, 6) is 16.1. The van der Waals surface area contributed by atoms with Crippen molar-refractivity contribution in [1.29, 1.82) is 0 Å². The lowest BCUT2D eigenvalue weighted by molar-refractivity contribution is -0.144. The van der Waals surface area contributed by atoms with Gasteiger partial charge in [0, 0.05) is 5.41 Å². The highest BCUT2D eigenvalue weighted by atomic mass is 16.5. The Balaban J connectivity index is 1.21. The molecule has 29 heavy (non-hydrogen) atoms. The molecule has 0 aromatic heterocycles. The fourth-order valence-corrected chi connectivity index (χ4v) is 15.5. The molecule has 10 saturated carbocycles. The van der Waals surface area contributed by atoms with Gasteiger partial charge >= 0.3 is 0 Å². The van der Waals surface area contributed by atoms with E-state index >= 15 is 0 Å². The summed E-state index contributed by atoms with van der Waals surface area (Å²) in [7, 11) is 0. The van der Waals surface area contributed by atoms with Crippen LogP contribution in [0.15, 0.2) is 30.3 Å². The summed E-state index contributed by atoms with van der Waals surface area (Å²) in [5.41, 5.74) is -0.279. The van der Waals surface area contributed by atoms with E-state index in [9.17, 15) is 5.11 Å². The van der Waals surface area contributed by atoms with Crippen LogP contribution in [0.1, 0.15) is 12.8 Å². The molecular formula is C27H28O2. The lowest BCUT2D eigenvalue weighted by Crippen LogP contribution is -2.55. The molecule has 0 aliphatic heterocycles. The fraction of sp³-hybridized carbons (Fsp3) is 0.778. The second-order valence-electron chi connectivity index (χ2n) is 13.3. The second-order valence-corrected chi connectivity index (χ2v) is 13.3. The van der Waals surface area contributed by atoms with Crippen molar-refractivity contribution in [2.24, 2.45) is 100 Å². The van der Waals surface area contributed by atoms with Crippen LogP contribution in [0.25, 0.3) is 0 Å². The van der Waals surface area contributed by atoms with E-state index in [-0.39, 0.29) is 11.0 Å². The Hall–Kier alpha value is -1.02. The van der Waals surface area contributed by atoms with Gasteiger partial charge in [0.15, 0.2) is 0 Å². The minimum atomic E-state index is -0.384. The number of para-hydroxylation sites is 1. The average molecular weight is 385 g/mol. The number of fused-ring (bicyclic) bond motifs is 4. The van der Waals surface area contributed by atoms with Crippen molar-refractivity contribution < 1.29 is 9.84 Å². The van der Waals surface area contributed by atoms with E-state index in [4.69, 9.17) is 4.74 Å². The Morgan fingerprint density at radius 3 is 1.93 bits per heavy atom. The molecule has 1 N–H and O–H groups in total. The van der Waals surface area contributed by atoms with Gasteiger partial charge in [0.25, 0.3) is 0 Å². The molecule has 0 bridgehead atoms. The Bertz CT molecular complexity index is 972. The molecule has 2 nitrogen and oxygen atoms in total. The van der Waals surface area contributed by atoms with E-state index in [1.165, 1.54) is 12.8 Å². The lowest BCUT2D eigenvalue weighted by Gasteiger charge is -2.48. The van der Waals surface area contributed by atoms with Gasteiger partial charge in [0.1, 0.15) is 5.75 Å². The first-order valence-electron chi connectivity index (χ1n) is 12.7. The molecule has 1 aromatic rings. The Labute approximate surface area is 171 Å². The predicted molar refractivity (Wildman–Crippen MR) is 104 cm³/mol. The van der Waals surface area contributed by atoms with Crippen LogP contribution in [-0.2, 0) is 0 Å². The van der Waals surface area contributed by atoms with Crippen LogP contribution in [0.4, 0.5) is 0 Å². The Morgan fingerprint density at radius 2 is 1.31 bits per heavy atom. The van der Waals surface area contributed by atoms with E-state index in [0.717, 1.165) is 95.2 Å². The molecule has 1 aromatic carbocycles. The van der Waals surface area contributed by atoms with Gasteiger partial charge in [-0.3, -0.25) is 0 Å². The number of benzene rings is 1. The highest BCUT2D eigenvalue weighted by molar-refractivity contribution is 5.46. The Morgan fingerprint density at radius 1 is 0.724 bits per heavy atom. The summed E-state index contributed by atoms with van der Waals surface area (Å²) < 4.78 is 6.64. The van der Waals surface area contributed by atoms with Crippen molar-refractivity contribution >= 4 is 0 Å². The van der Waals surface area contributed by atoms with Gasteiger partial charge in [0.2, 0.25) is 0 Å². The molecule has 11 rings (SSSR count). The van der Waals surface area contributed by atoms with Crippen LogP contribution < -0.4 is 4.74 Å². The summed E-state index contributed by atoms with van der Waals surface area (Å²) >= 11 is 0. The smallest absolute Gasteiger partial charge is 0.119 e. The summed E-state index contributed by atoms with van der Waals surface area (Å²) in [4.78, 5) is 0. The summed E-state index contributed by atoms with van der Waals surface area (Å²) in [6, 6.07) is 10.5. The highest BCUT2D eigenvalue weighted by Crippen LogP contribution is 2.99. The summed E-state index contributed by atoms with van der Waals surface area (Å²) in [6.45, 7) is 0.818. The maximum absolute atomic E-state index is 12.9. The van der Waals surface area contributed by atoms with Crippen LogP contribution in [0.3, 0.4) is 0 Å². The molecule has 0 spiro atoms. The van der Waals surface area contributed by atoms with Crippen molar-refractivity contribution in [3.05, 3.63) is 30.3 Å². The van der Waals surface area contributed by atoms with E-state index in [2.05, 4.69) is 30.3 Å². The molecule has 0 radical (unpaired) electrons. The highest BCUT2D eigenvalue weighted by Gasteiger charge is 2.99. The zero-order chi connectivity index (χ0) is 18.2. The van der Waals surface area contributed by atoms with Crippen LogP contribution in [0, 0.1) is 100 Å². The lowest BCUT2D eigenvalue weighted by atomic mass is 9.61. The van der Waals surface area contributed by atoms with Crippen molar-refractivity contribution in [3.63, 3.8) is 0 Å². The largest absolute Gasteiger partial charge is 0.493 e. The van der Waals surface area contributed by atoms with Crippen molar-refractivity contribution in [3.8, 4) is 5.75 Å². The van der Waals surface area contributed by atoms with Crippen molar-refractivity contribution in [2.45, 2.75) is 18.4 Å². The van der Waals surface area contributed by atoms with Gasteiger partial charge in [-0.2, -0.15) is 0 Å². The fourth-order valence-electron chi connectivity index (χ4n) is 15.5. The number of hydrogen-bond acceptors (Lipinski definition) is 2. The van der Waals surface area contributed by atoms with Crippen LogP contribution in [-0.4, -0.2) is 17.3 Å². The van der Waals surface area contributed by atoms with Gasteiger partial charge < -0.3 is 9.84 Å². The molecule has 18 atom stereocenters. The average Bonchev–Trinajstić information content (AvgIpc) is 3.50. The summed E-state index contributed by atoms with van der Waals surface area (Å²) in [5, 5.41) is 12.9. The monoisotopic (exact) mass is 384 g/mol. The van der Waals surface area contributed by atoms with E-state index < -0.39 is 0 Å². The topological polar surface area (TPSA) is 29.5 Å². The third-order valence-electron chi connectivity index (χ3n) is 14.3. The Kier molecular flexibility index (Phi) is 1.76. The van der Waals surface area contributed by atoms with Crippen molar-refractivity contribution in [2.75, 3.05) is 6.61 Å². The number of rotatable bonds is 3. The summed E-state index contributed by atoms with van der Waals surface area (Å²) in [6.07, 6.45) is 2.80. The molecular weight excluding hydrogens is 356 g/mol. The first-order valence-corrected chi connectivity index (χ1v) is 12.7. The number of ether oxygens (including phenoxy) is 1. The second kappa shape index (κ2) is 3.61. The number of hydrogen-bond donors (Lipinski definition) is 1. The van der Waals surface area contributed by atoms with Crippen LogP contribution >= 0.6 is 0 Å². The van der Waals surface area contributed by atoms with Gasteiger partial charge in [-0.25, -0.2) is 0 Å². The first-order chi connectivity index (χ1) is 14.3. The van der Waals surface area contributed by atoms with Crippen molar-refractivity contribution in [1.82, 2.24) is 0 Å². The molecule has 10 fully saturated rings. The van der Waals surface area contributed by atoms with E-state index in [0.29, 0.717) is 11.8 Å². The maximum atomic E-state index is 12.9. The molecule has 10 aliphatic carbocycles. The molecule has 4 unspecified atom stereocenters. The molecule has 2 heteroatoms. The molecule has 0 heterocycles. The van der Waals surface area contributed by atoms with Gasteiger partial charge in [-0.1, -0.05) is 18.2 Å². The first kappa shape index (κ1) is 14.1. The maximum Gasteiger partial charge on any atom is 0.119 e. The molecule has 148 valence electrons. The normalized spacial score (nSPS) is 77.3. The quantitative estimate of drug-likeness (QED) is 0.864. The minimum absolute atomic E-state index is 0.105. The van der Waals surface area contributed by atoms with Crippen LogP contribution in [0.5, 0.6) is 5.75 Å². The zero-order valence-electron chi connectivity index (χ0n) is 16.6. The molecule has 0 amide bonds. The van der Waals surface area contributed by atoms with Gasteiger partial charge in [-0.05, 0) is 120 Å². The van der Waals surface area contributed by atoms with E-state index in [1.807, 2.05) is 0 Å². The minimum Gasteiger partial charge on any atom is -0.493 e. The SMILES string of the molecule is OC12[C@@H]3C[C@@H]4C5C6[C@@H]7[C@@H]4[C@@H]3[C@@H]3[C@@H]7[C@H]4[C@@H]6[C@H]6[C@H]([C@H]4C31COc1ccccc1)[C@H]2C[C@@H]56. The third-order valence-corrected chi connectivity index (χ3v) is 14.3. The zero-order valence-corrected chi connectivity index (χ0v) is 16.6. The standard InChI is InChI=1S/C27H28O2/c28-27-12-6-10-14-11-7-13(27)18-16(11)21-19(14)20-15(10)17(12)24-22(20)23(21)25(18)26(24,27)8-29-9-4-2-1-3-5-9/h1-5,10-25,28H,6-8H2/t10-,11+,12-,13-,14?,15+,16-,17-,18-,19?,20+,21-,22+,23-,24-,25-,26?,27?/m1/s1. The van der Waals surface area contributed by atoms with Gasteiger partial charge in [-0.15, -0.1) is 0 Å². The molecule has 0 saturated heterocycles. The van der Waals surface area contributed by atoms with Gasteiger partial charge in [0.05, 0.1) is 12.2 Å². The predicted octanol–water partition coefficient (Wildman–Crippen LogP) is 3.56.